The van der Waals surface area contributed by atoms with E-state index in [1.807, 2.05) is 48.5 Å². The van der Waals surface area contributed by atoms with E-state index in [0.717, 1.165) is 11.6 Å². The van der Waals surface area contributed by atoms with Crippen molar-refractivity contribution in [3.8, 4) is 0 Å². The van der Waals surface area contributed by atoms with Crippen molar-refractivity contribution in [3.05, 3.63) is 71.2 Å². The van der Waals surface area contributed by atoms with E-state index in [9.17, 15) is 4.79 Å². The molecular weight excluding hydrogens is 298 g/mol. The van der Waals surface area contributed by atoms with Gasteiger partial charge in [0.2, 0.25) is 5.91 Å². The topological polar surface area (TPSA) is 29.5 Å². The monoisotopic (exact) mass is 319 g/mol. The SMILES string of the molecule is CN1CCOCC1=O.Cc1ccccc1.Clc1ccccc1. The van der Waals surface area contributed by atoms with Crippen molar-refractivity contribution in [3.63, 3.8) is 0 Å². The third kappa shape index (κ3) is 8.45. The van der Waals surface area contributed by atoms with E-state index in [0.29, 0.717) is 6.61 Å². The van der Waals surface area contributed by atoms with Gasteiger partial charge in [-0.3, -0.25) is 4.79 Å². The Hall–Kier alpha value is -1.84. The lowest BCUT2D eigenvalue weighted by Crippen LogP contribution is -2.38. The van der Waals surface area contributed by atoms with E-state index >= 15 is 0 Å². The van der Waals surface area contributed by atoms with Crippen LogP contribution in [0, 0.1) is 6.92 Å². The number of halogens is 1. The van der Waals surface area contributed by atoms with Crippen molar-refractivity contribution in [2.45, 2.75) is 6.92 Å². The molecule has 1 fully saturated rings. The van der Waals surface area contributed by atoms with Crippen molar-refractivity contribution >= 4 is 17.5 Å². The van der Waals surface area contributed by atoms with Crippen LogP contribution in [0.2, 0.25) is 5.02 Å². The quantitative estimate of drug-likeness (QED) is 0.739. The molecule has 0 aliphatic carbocycles. The second kappa shape index (κ2) is 10.8. The number of hydrogen-bond acceptors (Lipinski definition) is 2. The van der Waals surface area contributed by atoms with E-state index in [2.05, 4.69) is 19.1 Å². The number of nitrogens with zero attached hydrogens (tertiary/aromatic N) is 1. The minimum absolute atomic E-state index is 0.0799. The Morgan fingerprint density at radius 1 is 1.00 bits per heavy atom. The lowest BCUT2D eigenvalue weighted by molar-refractivity contribution is -0.140. The summed E-state index contributed by atoms with van der Waals surface area (Å²) in [7, 11) is 1.78. The van der Waals surface area contributed by atoms with E-state index < -0.39 is 0 Å². The fraction of sp³-hybridized carbons (Fsp3) is 0.278. The van der Waals surface area contributed by atoms with Crippen LogP contribution in [-0.2, 0) is 9.53 Å². The first-order valence-corrected chi connectivity index (χ1v) is 7.51. The number of morpholine rings is 1. The highest BCUT2D eigenvalue weighted by Crippen LogP contribution is 2.03. The van der Waals surface area contributed by atoms with Crippen LogP contribution in [-0.4, -0.2) is 37.6 Å². The zero-order valence-electron chi connectivity index (χ0n) is 13.0. The third-order valence-corrected chi connectivity index (χ3v) is 3.15. The first kappa shape index (κ1) is 18.2. The van der Waals surface area contributed by atoms with Crippen LogP contribution in [0.4, 0.5) is 0 Å². The molecule has 2 aromatic rings. The van der Waals surface area contributed by atoms with Crippen molar-refractivity contribution < 1.29 is 9.53 Å². The summed E-state index contributed by atoms with van der Waals surface area (Å²) in [5.41, 5.74) is 1.32. The predicted molar refractivity (Wildman–Crippen MR) is 91.1 cm³/mol. The van der Waals surface area contributed by atoms with Crippen LogP contribution in [0.25, 0.3) is 0 Å². The summed E-state index contributed by atoms with van der Waals surface area (Å²) < 4.78 is 4.86. The molecule has 0 unspecified atom stereocenters. The maximum atomic E-state index is 10.6. The highest BCUT2D eigenvalue weighted by Gasteiger charge is 2.12. The molecule has 22 heavy (non-hydrogen) atoms. The van der Waals surface area contributed by atoms with Crippen LogP contribution in [0.3, 0.4) is 0 Å². The summed E-state index contributed by atoms with van der Waals surface area (Å²) >= 11 is 5.54. The molecule has 1 aliphatic heterocycles. The van der Waals surface area contributed by atoms with E-state index in [-0.39, 0.29) is 12.5 Å². The zero-order chi connectivity index (χ0) is 16.2. The molecule has 0 radical (unpaired) electrons. The summed E-state index contributed by atoms with van der Waals surface area (Å²) in [6.45, 7) is 3.76. The number of carbonyl (C=O) groups is 1. The van der Waals surface area contributed by atoms with Gasteiger partial charge in [-0.15, -0.1) is 0 Å². The van der Waals surface area contributed by atoms with Crippen LogP contribution in [0.15, 0.2) is 60.7 Å². The molecule has 0 spiro atoms. The van der Waals surface area contributed by atoms with E-state index in [4.69, 9.17) is 16.3 Å². The fourth-order valence-corrected chi connectivity index (χ4v) is 1.69. The Bertz CT molecular complexity index is 494. The first-order chi connectivity index (χ1) is 10.6. The Morgan fingerprint density at radius 3 is 1.82 bits per heavy atom. The molecule has 0 N–H and O–H groups in total. The molecule has 2 aromatic carbocycles. The lowest BCUT2D eigenvalue weighted by Gasteiger charge is -2.21. The maximum Gasteiger partial charge on any atom is 0.248 e. The maximum absolute atomic E-state index is 10.6. The van der Waals surface area contributed by atoms with Crippen molar-refractivity contribution in [1.82, 2.24) is 4.90 Å². The average Bonchev–Trinajstić information content (AvgIpc) is 2.53. The van der Waals surface area contributed by atoms with Gasteiger partial charge in [-0.1, -0.05) is 65.7 Å². The molecule has 0 atom stereocenters. The third-order valence-electron chi connectivity index (χ3n) is 2.90. The molecule has 0 bridgehead atoms. The van der Waals surface area contributed by atoms with Gasteiger partial charge in [0, 0.05) is 18.6 Å². The zero-order valence-corrected chi connectivity index (χ0v) is 13.8. The molecule has 1 heterocycles. The standard InChI is InChI=1S/C7H8.C6H5Cl.C5H9NO2/c1-7-5-3-2-4-6-7;7-6-4-2-1-3-5-6;1-6-2-3-8-4-5(6)7/h2-6H,1H3;1-5H;2-4H2,1H3. The Balaban J connectivity index is 0.000000166. The van der Waals surface area contributed by atoms with Crippen molar-refractivity contribution in [2.75, 3.05) is 26.8 Å². The fourth-order valence-electron chi connectivity index (χ4n) is 1.54. The van der Waals surface area contributed by atoms with Gasteiger partial charge < -0.3 is 9.64 Å². The normalized spacial score (nSPS) is 13.4. The number of amides is 1. The second-order valence-corrected chi connectivity index (χ2v) is 5.25. The van der Waals surface area contributed by atoms with Gasteiger partial charge in [0.25, 0.3) is 0 Å². The minimum atomic E-state index is 0.0799. The number of hydrogen-bond donors (Lipinski definition) is 0. The number of aryl methyl sites for hydroxylation is 1. The molecule has 0 aromatic heterocycles. The van der Waals surface area contributed by atoms with Crippen molar-refractivity contribution in [1.29, 1.82) is 0 Å². The number of likely N-dealkylation sites (N-methyl/N-ethyl adjacent to an activating group) is 1. The number of benzene rings is 2. The summed E-state index contributed by atoms with van der Waals surface area (Å²) in [6, 6.07) is 19.7. The van der Waals surface area contributed by atoms with Crippen molar-refractivity contribution in [2.24, 2.45) is 0 Å². The van der Waals surface area contributed by atoms with Crippen LogP contribution < -0.4 is 0 Å². The molecule has 3 rings (SSSR count). The minimum Gasteiger partial charge on any atom is -0.370 e. The first-order valence-electron chi connectivity index (χ1n) is 7.13. The summed E-state index contributed by atoms with van der Waals surface area (Å²) in [6.07, 6.45) is 0. The van der Waals surface area contributed by atoms with Gasteiger partial charge in [0.15, 0.2) is 0 Å². The molecule has 1 saturated heterocycles. The Kier molecular flexibility index (Phi) is 8.96. The largest absolute Gasteiger partial charge is 0.370 e. The number of carbonyl (C=O) groups excluding carboxylic acids is 1. The highest BCUT2D eigenvalue weighted by molar-refractivity contribution is 6.30. The van der Waals surface area contributed by atoms with Gasteiger partial charge in [-0.25, -0.2) is 0 Å². The van der Waals surface area contributed by atoms with Crippen LogP contribution in [0.1, 0.15) is 5.56 Å². The predicted octanol–water partition coefficient (Wildman–Crippen LogP) is 3.81. The summed E-state index contributed by atoms with van der Waals surface area (Å²) in [5.74, 6) is 0.0799. The van der Waals surface area contributed by atoms with Gasteiger partial charge in [-0.05, 0) is 19.1 Å². The molecule has 118 valence electrons. The Labute approximate surface area is 137 Å². The van der Waals surface area contributed by atoms with Crippen LogP contribution >= 0.6 is 11.6 Å². The molecular formula is C18H22ClNO2. The molecule has 4 heteroatoms. The van der Waals surface area contributed by atoms with Gasteiger partial charge >= 0.3 is 0 Å². The second-order valence-electron chi connectivity index (χ2n) is 4.82. The molecule has 3 nitrogen and oxygen atoms in total. The smallest absolute Gasteiger partial charge is 0.248 e. The van der Waals surface area contributed by atoms with E-state index in [1.54, 1.807) is 11.9 Å². The van der Waals surface area contributed by atoms with Gasteiger partial charge in [-0.2, -0.15) is 0 Å². The summed E-state index contributed by atoms with van der Waals surface area (Å²) in [5, 5.41) is 0.794. The number of ether oxygens (including phenoxy) is 1. The van der Waals surface area contributed by atoms with E-state index in [1.165, 1.54) is 5.56 Å². The molecule has 0 saturated carbocycles. The number of rotatable bonds is 0. The summed E-state index contributed by atoms with van der Waals surface area (Å²) in [4.78, 5) is 12.3. The van der Waals surface area contributed by atoms with Crippen LogP contribution in [0.5, 0.6) is 0 Å². The van der Waals surface area contributed by atoms with Gasteiger partial charge in [0.05, 0.1) is 6.61 Å². The Morgan fingerprint density at radius 2 is 1.55 bits per heavy atom. The average molecular weight is 320 g/mol. The molecule has 1 amide bonds. The highest BCUT2D eigenvalue weighted by atomic mass is 35.5. The van der Waals surface area contributed by atoms with Gasteiger partial charge in [0.1, 0.15) is 6.61 Å². The lowest BCUT2D eigenvalue weighted by atomic mass is 10.2. The molecule has 1 aliphatic rings.